The molecule has 3 aliphatic rings. The molecule has 4 amide bonds. The fourth-order valence-corrected chi connectivity index (χ4v) is 6.36. The summed E-state index contributed by atoms with van der Waals surface area (Å²) in [7, 11) is 0. The zero-order valence-electron chi connectivity index (χ0n) is 24.9. The van der Waals surface area contributed by atoms with Crippen LogP contribution in [0.5, 0.6) is 0 Å². The molecule has 0 aliphatic carbocycles. The van der Waals surface area contributed by atoms with Crippen LogP contribution in [-0.2, 0) is 22.7 Å². The first kappa shape index (κ1) is 29.1. The molecule has 3 aliphatic heterocycles. The molecule has 10 heteroatoms. The molecule has 224 valence electrons. The van der Waals surface area contributed by atoms with E-state index in [1.165, 1.54) is 16.8 Å². The highest BCUT2D eigenvalue weighted by atomic mass is 16.2. The summed E-state index contributed by atoms with van der Waals surface area (Å²) in [6.45, 7) is 16.5. The molecular formula is C34H34N6O4. The SMILES string of the molecule is [C-]#[N+]c1ccc(N2CCN(Cc3ccc(CNc4cccc5c4C(=O)N(C4CCC(=O)NC4=O)C5=O)cc3C)CC2)c(C)c1. The molecule has 0 radical (unpaired) electrons. The Hall–Kier alpha value is -5.01. The first-order valence-corrected chi connectivity index (χ1v) is 14.9. The van der Waals surface area contributed by atoms with Gasteiger partial charge in [-0.3, -0.25) is 34.3 Å². The highest BCUT2D eigenvalue weighted by molar-refractivity contribution is 6.25. The second kappa shape index (κ2) is 11.9. The van der Waals surface area contributed by atoms with Gasteiger partial charge in [-0.05, 0) is 60.7 Å². The molecule has 1 atom stereocenters. The molecule has 1 unspecified atom stereocenters. The van der Waals surface area contributed by atoms with Crippen LogP contribution in [0.15, 0.2) is 54.6 Å². The highest BCUT2D eigenvalue weighted by Crippen LogP contribution is 2.33. The Bertz CT molecular complexity index is 1720. The average Bonchev–Trinajstić information content (AvgIpc) is 3.27. The number of carbonyl (C=O) groups excluding carboxylic acids is 4. The van der Waals surface area contributed by atoms with Gasteiger partial charge in [0.1, 0.15) is 6.04 Å². The number of carbonyl (C=O) groups is 4. The van der Waals surface area contributed by atoms with Gasteiger partial charge < -0.3 is 10.2 Å². The average molecular weight is 591 g/mol. The number of hydrogen-bond acceptors (Lipinski definition) is 7. The van der Waals surface area contributed by atoms with E-state index < -0.39 is 29.7 Å². The zero-order valence-corrected chi connectivity index (χ0v) is 24.9. The third-order valence-corrected chi connectivity index (χ3v) is 8.77. The zero-order chi connectivity index (χ0) is 31.0. The van der Waals surface area contributed by atoms with Gasteiger partial charge in [-0.1, -0.05) is 36.4 Å². The maximum absolute atomic E-state index is 13.4. The number of nitrogens with one attached hydrogen (secondary N) is 2. The third-order valence-electron chi connectivity index (χ3n) is 8.77. The molecule has 2 fully saturated rings. The van der Waals surface area contributed by atoms with Gasteiger partial charge >= 0.3 is 0 Å². The van der Waals surface area contributed by atoms with E-state index in [-0.39, 0.29) is 24.0 Å². The Kier molecular flexibility index (Phi) is 7.89. The topological polar surface area (TPSA) is 106 Å². The molecule has 2 N–H and O–H groups in total. The van der Waals surface area contributed by atoms with Crippen LogP contribution in [0, 0.1) is 20.4 Å². The van der Waals surface area contributed by atoms with Gasteiger partial charge in [-0.25, -0.2) is 4.85 Å². The number of amides is 4. The van der Waals surface area contributed by atoms with Crippen molar-refractivity contribution in [3.05, 3.63) is 99.4 Å². The Morgan fingerprint density at radius 3 is 2.43 bits per heavy atom. The molecule has 2 saturated heterocycles. The van der Waals surface area contributed by atoms with Crippen molar-refractivity contribution in [2.75, 3.05) is 36.4 Å². The van der Waals surface area contributed by atoms with Gasteiger partial charge in [0.2, 0.25) is 11.8 Å². The van der Waals surface area contributed by atoms with Crippen LogP contribution >= 0.6 is 0 Å². The summed E-state index contributed by atoms with van der Waals surface area (Å²) in [6, 6.07) is 16.4. The fraction of sp³-hybridized carbons (Fsp3) is 0.324. The number of nitrogens with zero attached hydrogens (tertiary/aromatic N) is 4. The van der Waals surface area contributed by atoms with Gasteiger partial charge in [-0.15, -0.1) is 0 Å². The van der Waals surface area contributed by atoms with E-state index in [2.05, 4.69) is 63.4 Å². The molecule has 6 rings (SSSR count). The summed E-state index contributed by atoms with van der Waals surface area (Å²) in [5.74, 6) is -2.06. The van der Waals surface area contributed by atoms with Crippen molar-refractivity contribution in [1.82, 2.24) is 15.1 Å². The molecule has 44 heavy (non-hydrogen) atoms. The van der Waals surface area contributed by atoms with Gasteiger partial charge in [0.05, 0.1) is 17.7 Å². The minimum Gasteiger partial charge on any atom is -0.380 e. The molecular weight excluding hydrogens is 556 g/mol. The summed E-state index contributed by atoms with van der Waals surface area (Å²) < 4.78 is 0. The van der Waals surface area contributed by atoms with Crippen molar-refractivity contribution >= 4 is 40.7 Å². The van der Waals surface area contributed by atoms with Crippen LogP contribution < -0.4 is 15.5 Å². The van der Waals surface area contributed by atoms with E-state index in [4.69, 9.17) is 6.57 Å². The van der Waals surface area contributed by atoms with Crippen LogP contribution in [0.4, 0.5) is 17.1 Å². The van der Waals surface area contributed by atoms with Crippen LogP contribution in [0.2, 0.25) is 0 Å². The van der Waals surface area contributed by atoms with Gasteiger partial charge in [-0.2, -0.15) is 0 Å². The summed E-state index contributed by atoms with van der Waals surface area (Å²) >= 11 is 0. The number of aryl methyl sites for hydroxylation is 2. The van der Waals surface area contributed by atoms with Crippen LogP contribution in [-0.4, -0.2) is 65.6 Å². The molecule has 0 spiro atoms. The monoisotopic (exact) mass is 590 g/mol. The lowest BCUT2D eigenvalue weighted by molar-refractivity contribution is -0.136. The highest BCUT2D eigenvalue weighted by Gasteiger charge is 2.45. The van der Waals surface area contributed by atoms with E-state index in [0.717, 1.165) is 48.8 Å². The number of benzene rings is 3. The largest absolute Gasteiger partial charge is 0.380 e. The standard InChI is InChI=1S/C34H34N6O4/c1-21-17-23(7-8-24(21)20-38-13-15-39(16-14-38)28-10-9-25(35-3)18-22(28)2)19-36-27-6-4-5-26-31(27)34(44)40(33(26)43)29-11-12-30(41)37-32(29)42/h4-10,17-18,29,36H,11-16,19-20H2,1-2H3,(H,37,41,42). The quantitative estimate of drug-likeness (QED) is 0.314. The van der Waals surface area contributed by atoms with Crippen molar-refractivity contribution < 1.29 is 19.2 Å². The molecule has 0 saturated carbocycles. The van der Waals surface area contributed by atoms with Gasteiger partial charge in [0.25, 0.3) is 11.8 Å². The van der Waals surface area contributed by atoms with E-state index in [0.29, 0.717) is 17.9 Å². The second-order valence-corrected chi connectivity index (χ2v) is 11.6. The van der Waals surface area contributed by atoms with Gasteiger partial charge in [0, 0.05) is 57.1 Å². The molecule has 10 nitrogen and oxygen atoms in total. The Morgan fingerprint density at radius 2 is 1.73 bits per heavy atom. The van der Waals surface area contributed by atoms with Crippen LogP contribution in [0.25, 0.3) is 4.85 Å². The normalized spacial score (nSPS) is 18.7. The van der Waals surface area contributed by atoms with E-state index in [1.54, 1.807) is 18.2 Å². The fourth-order valence-electron chi connectivity index (χ4n) is 6.36. The van der Waals surface area contributed by atoms with Crippen molar-refractivity contribution in [2.45, 2.75) is 45.8 Å². The Balaban J connectivity index is 1.07. The van der Waals surface area contributed by atoms with E-state index in [9.17, 15) is 19.2 Å². The lowest BCUT2D eigenvalue weighted by Gasteiger charge is -2.37. The minimum atomic E-state index is -0.993. The molecule has 3 aromatic carbocycles. The van der Waals surface area contributed by atoms with E-state index in [1.807, 2.05) is 12.1 Å². The summed E-state index contributed by atoms with van der Waals surface area (Å²) in [4.78, 5) is 59.9. The van der Waals surface area contributed by atoms with Crippen molar-refractivity contribution in [3.8, 4) is 0 Å². The first-order chi connectivity index (χ1) is 21.2. The van der Waals surface area contributed by atoms with Crippen molar-refractivity contribution in [3.63, 3.8) is 0 Å². The molecule has 3 heterocycles. The molecule has 3 aromatic rings. The van der Waals surface area contributed by atoms with E-state index >= 15 is 0 Å². The summed E-state index contributed by atoms with van der Waals surface area (Å²) in [6.07, 6.45) is 0.206. The summed E-state index contributed by atoms with van der Waals surface area (Å²) in [5, 5.41) is 5.56. The number of rotatable bonds is 7. The number of imide groups is 2. The number of piperidine rings is 1. The predicted molar refractivity (Wildman–Crippen MR) is 167 cm³/mol. The lowest BCUT2D eigenvalue weighted by Crippen LogP contribution is -2.54. The predicted octanol–water partition coefficient (Wildman–Crippen LogP) is 4.19. The summed E-state index contributed by atoms with van der Waals surface area (Å²) in [5.41, 5.74) is 7.55. The third kappa shape index (κ3) is 5.54. The number of fused-ring (bicyclic) bond motifs is 1. The first-order valence-electron chi connectivity index (χ1n) is 14.9. The van der Waals surface area contributed by atoms with Crippen LogP contribution in [0.1, 0.15) is 55.8 Å². The van der Waals surface area contributed by atoms with Gasteiger partial charge in [0.15, 0.2) is 5.69 Å². The second-order valence-electron chi connectivity index (χ2n) is 11.6. The maximum Gasteiger partial charge on any atom is 0.264 e. The van der Waals surface area contributed by atoms with Crippen molar-refractivity contribution in [2.24, 2.45) is 0 Å². The number of hydrogen-bond donors (Lipinski definition) is 2. The number of piperazine rings is 1. The minimum absolute atomic E-state index is 0.0829. The Morgan fingerprint density at radius 1 is 0.932 bits per heavy atom. The Labute approximate surface area is 256 Å². The lowest BCUT2D eigenvalue weighted by atomic mass is 10.0. The molecule has 0 bridgehead atoms. The maximum atomic E-state index is 13.4. The van der Waals surface area contributed by atoms with Crippen molar-refractivity contribution in [1.29, 1.82) is 0 Å². The number of anilines is 2. The molecule has 0 aromatic heterocycles. The van der Waals surface area contributed by atoms with Crippen LogP contribution in [0.3, 0.4) is 0 Å². The smallest absolute Gasteiger partial charge is 0.264 e.